The van der Waals surface area contributed by atoms with Gasteiger partial charge in [-0.1, -0.05) is 51.1 Å². The first-order valence-corrected chi connectivity index (χ1v) is 8.01. The molecular weight excluding hydrogens is 260 g/mol. The second-order valence-corrected chi connectivity index (χ2v) is 6.77. The van der Waals surface area contributed by atoms with E-state index in [4.69, 9.17) is 0 Å². The molecule has 2 atom stereocenters. The van der Waals surface area contributed by atoms with Gasteiger partial charge >= 0.3 is 0 Å². The molecule has 2 N–H and O–H groups in total. The highest BCUT2D eigenvalue weighted by molar-refractivity contribution is 5.21. The minimum Gasteiger partial charge on any atom is -0.393 e. The van der Waals surface area contributed by atoms with Gasteiger partial charge in [0.05, 0.1) is 6.10 Å². The van der Waals surface area contributed by atoms with Crippen LogP contribution >= 0.6 is 0 Å². The van der Waals surface area contributed by atoms with E-state index in [9.17, 15) is 5.11 Å². The topological polar surface area (TPSA) is 35.5 Å². The van der Waals surface area contributed by atoms with Crippen LogP contribution in [0.1, 0.15) is 45.7 Å². The average molecular weight is 292 g/mol. The van der Waals surface area contributed by atoms with Gasteiger partial charge in [0.1, 0.15) is 0 Å². The molecule has 21 heavy (non-hydrogen) atoms. The summed E-state index contributed by atoms with van der Waals surface area (Å²) in [7, 11) is 2.14. The van der Waals surface area contributed by atoms with Crippen LogP contribution in [0, 0.1) is 5.41 Å². The lowest BCUT2D eigenvalue weighted by Gasteiger charge is -2.38. The molecule has 0 saturated carbocycles. The first-order valence-electron chi connectivity index (χ1n) is 8.01. The molecule has 0 fully saturated rings. The molecule has 0 aliphatic heterocycles. The standard InChI is InChI=1S/C18H32N2O/c1-6-19-17(16-10-8-7-9-11-16)18(3,4)14-20(5)13-12-15(2)21/h7-11,15,17,19,21H,6,12-14H2,1-5H3. The molecule has 0 aromatic heterocycles. The quantitative estimate of drug-likeness (QED) is 0.734. The van der Waals surface area contributed by atoms with Gasteiger partial charge in [-0.25, -0.2) is 0 Å². The SMILES string of the molecule is CCNC(c1ccccc1)C(C)(C)CN(C)CCC(C)O. The molecule has 3 heteroatoms. The van der Waals surface area contributed by atoms with Gasteiger partial charge in [-0.2, -0.15) is 0 Å². The lowest BCUT2D eigenvalue weighted by atomic mass is 9.79. The number of aliphatic hydroxyl groups is 1. The van der Waals surface area contributed by atoms with E-state index in [0.717, 1.165) is 26.1 Å². The molecule has 0 aliphatic rings. The third-order valence-electron chi connectivity index (χ3n) is 3.93. The predicted molar refractivity (Wildman–Crippen MR) is 90.4 cm³/mol. The summed E-state index contributed by atoms with van der Waals surface area (Å²) < 4.78 is 0. The molecule has 0 radical (unpaired) electrons. The van der Waals surface area contributed by atoms with Crippen molar-refractivity contribution in [3.8, 4) is 0 Å². The van der Waals surface area contributed by atoms with Gasteiger partial charge in [-0.05, 0) is 37.9 Å². The smallest absolute Gasteiger partial charge is 0.0524 e. The van der Waals surface area contributed by atoms with Crippen molar-refractivity contribution < 1.29 is 5.11 Å². The van der Waals surface area contributed by atoms with Crippen LogP contribution in [0.15, 0.2) is 30.3 Å². The third kappa shape index (κ3) is 6.16. The van der Waals surface area contributed by atoms with Crippen LogP contribution < -0.4 is 5.32 Å². The Morgan fingerprint density at radius 1 is 1.24 bits per heavy atom. The summed E-state index contributed by atoms with van der Waals surface area (Å²) in [5.74, 6) is 0. The van der Waals surface area contributed by atoms with Crippen molar-refractivity contribution in [1.29, 1.82) is 0 Å². The van der Waals surface area contributed by atoms with Gasteiger partial charge in [0.15, 0.2) is 0 Å². The fraction of sp³-hybridized carbons (Fsp3) is 0.667. The van der Waals surface area contributed by atoms with E-state index in [-0.39, 0.29) is 11.5 Å². The summed E-state index contributed by atoms with van der Waals surface area (Å²) in [5, 5.41) is 13.1. The minimum absolute atomic E-state index is 0.116. The highest BCUT2D eigenvalue weighted by atomic mass is 16.3. The molecule has 0 spiro atoms. The van der Waals surface area contributed by atoms with Crippen molar-refractivity contribution in [2.75, 3.05) is 26.7 Å². The minimum atomic E-state index is -0.228. The van der Waals surface area contributed by atoms with E-state index in [1.54, 1.807) is 0 Å². The Hall–Kier alpha value is -0.900. The number of rotatable bonds is 9. The molecule has 3 nitrogen and oxygen atoms in total. The molecule has 0 bridgehead atoms. The molecule has 1 aromatic carbocycles. The normalized spacial score (nSPS) is 15.2. The number of aliphatic hydroxyl groups excluding tert-OH is 1. The first-order chi connectivity index (χ1) is 9.86. The summed E-state index contributed by atoms with van der Waals surface area (Å²) in [6.07, 6.45) is 0.596. The van der Waals surface area contributed by atoms with E-state index in [0.29, 0.717) is 6.04 Å². The van der Waals surface area contributed by atoms with E-state index in [2.05, 4.69) is 68.4 Å². The fourth-order valence-electron chi connectivity index (χ4n) is 2.97. The number of nitrogens with one attached hydrogen (secondary N) is 1. The highest BCUT2D eigenvalue weighted by Gasteiger charge is 2.31. The van der Waals surface area contributed by atoms with Gasteiger partial charge in [0, 0.05) is 19.1 Å². The van der Waals surface area contributed by atoms with Gasteiger partial charge < -0.3 is 15.3 Å². The Bertz CT molecular complexity index is 389. The predicted octanol–water partition coefficient (Wildman–Crippen LogP) is 3.07. The monoisotopic (exact) mass is 292 g/mol. The first kappa shape index (κ1) is 18.1. The molecule has 1 aromatic rings. The Balaban J connectivity index is 2.75. The summed E-state index contributed by atoms with van der Waals surface area (Å²) in [4.78, 5) is 2.32. The van der Waals surface area contributed by atoms with Crippen LogP contribution in [-0.4, -0.2) is 42.8 Å². The van der Waals surface area contributed by atoms with Gasteiger partial charge in [0.25, 0.3) is 0 Å². The molecule has 2 unspecified atom stereocenters. The molecule has 0 amide bonds. The Morgan fingerprint density at radius 3 is 2.38 bits per heavy atom. The maximum absolute atomic E-state index is 9.43. The van der Waals surface area contributed by atoms with Crippen LogP contribution in [0.3, 0.4) is 0 Å². The van der Waals surface area contributed by atoms with Crippen LogP contribution in [0.2, 0.25) is 0 Å². The Kier molecular flexibility index (Phi) is 7.36. The van der Waals surface area contributed by atoms with Crippen molar-refractivity contribution in [2.24, 2.45) is 5.41 Å². The van der Waals surface area contributed by atoms with Crippen molar-refractivity contribution in [2.45, 2.75) is 46.3 Å². The van der Waals surface area contributed by atoms with Crippen molar-refractivity contribution in [3.05, 3.63) is 35.9 Å². The zero-order valence-corrected chi connectivity index (χ0v) is 14.3. The van der Waals surface area contributed by atoms with E-state index < -0.39 is 0 Å². The van der Waals surface area contributed by atoms with Crippen LogP contribution in [0.5, 0.6) is 0 Å². The van der Waals surface area contributed by atoms with Gasteiger partial charge in [-0.15, -0.1) is 0 Å². The van der Waals surface area contributed by atoms with Crippen LogP contribution in [0.25, 0.3) is 0 Å². The lowest BCUT2D eigenvalue weighted by Crippen LogP contribution is -2.42. The van der Waals surface area contributed by atoms with E-state index in [1.807, 2.05) is 6.92 Å². The molecule has 120 valence electrons. The van der Waals surface area contributed by atoms with E-state index >= 15 is 0 Å². The van der Waals surface area contributed by atoms with Gasteiger partial charge in [-0.3, -0.25) is 0 Å². The lowest BCUT2D eigenvalue weighted by molar-refractivity contribution is 0.127. The second kappa shape index (κ2) is 8.52. The number of nitrogens with zero attached hydrogens (tertiary/aromatic N) is 1. The summed E-state index contributed by atoms with van der Waals surface area (Å²) in [6.45, 7) is 11.5. The molecule has 0 heterocycles. The summed E-state index contributed by atoms with van der Waals surface area (Å²) in [5.41, 5.74) is 1.46. The second-order valence-electron chi connectivity index (χ2n) is 6.77. The Labute approximate surface area is 130 Å². The largest absolute Gasteiger partial charge is 0.393 e. The number of hydrogen-bond acceptors (Lipinski definition) is 3. The molecule has 1 rings (SSSR count). The average Bonchev–Trinajstić information content (AvgIpc) is 2.43. The van der Waals surface area contributed by atoms with Crippen molar-refractivity contribution >= 4 is 0 Å². The summed E-state index contributed by atoms with van der Waals surface area (Å²) >= 11 is 0. The number of hydrogen-bond donors (Lipinski definition) is 2. The molecule has 0 aliphatic carbocycles. The third-order valence-corrected chi connectivity index (χ3v) is 3.93. The highest BCUT2D eigenvalue weighted by Crippen LogP contribution is 2.34. The zero-order chi connectivity index (χ0) is 15.9. The number of benzene rings is 1. The summed E-state index contributed by atoms with van der Waals surface area (Å²) in [6, 6.07) is 11.0. The fourth-order valence-corrected chi connectivity index (χ4v) is 2.97. The van der Waals surface area contributed by atoms with Crippen LogP contribution in [0.4, 0.5) is 0 Å². The van der Waals surface area contributed by atoms with Crippen molar-refractivity contribution in [3.63, 3.8) is 0 Å². The molecular formula is C18H32N2O. The van der Waals surface area contributed by atoms with Crippen molar-refractivity contribution in [1.82, 2.24) is 10.2 Å². The van der Waals surface area contributed by atoms with E-state index in [1.165, 1.54) is 5.56 Å². The molecule has 0 saturated heterocycles. The van der Waals surface area contributed by atoms with Crippen LogP contribution in [-0.2, 0) is 0 Å². The Morgan fingerprint density at radius 2 is 1.86 bits per heavy atom. The maximum Gasteiger partial charge on any atom is 0.0524 e. The van der Waals surface area contributed by atoms with Gasteiger partial charge in [0.2, 0.25) is 0 Å². The zero-order valence-electron chi connectivity index (χ0n) is 14.3. The maximum atomic E-state index is 9.43.